The lowest BCUT2D eigenvalue weighted by Gasteiger charge is -2.06. The standard InChI is InChI=1S/C8H11N3O3/c1-6(12)4-9-8-3-2-7(5-10-8)11(13)14/h2-3,5-6,12H,4H2,1H3,(H,9,10)/t6-/m0/s1. The van der Waals surface area contributed by atoms with Gasteiger partial charge < -0.3 is 10.4 Å². The van der Waals surface area contributed by atoms with Gasteiger partial charge in [-0.3, -0.25) is 10.1 Å². The molecule has 0 saturated heterocycles. The van der Waals surface area contributed by atoms with E-state index >= 15 is 0 Å². The quantitative estimate of drug-likeness (QED) is 0.550. The zero-order valence-corrected chi connectivity index (χ0v) is 7.67. The van der Waals surface area contributed by atoms with Crippen LogP contribution in [0.4, 0.5) is 11.5 Å². The number of hydrogen-bond acceptors (Lipinski definition) is 5. The summed E-state index contributed by atoms with van der Waals surface area (Å²) in [5.41, 5.74) is -0.0485. The van der Waals surface area contributed by atoms with Crippen molar-refractivity contribution in [2.45, 2.75) is 13.0 Å². The average molecular weight is 197 g/mol. The zero-order chi connectivity index (χ0) is 10.6. The number of rotatable bonds is 4. The third-order valence-corrected chi connectivity index (χ3v) is 1.54. The monoisotopic (exact) mass is 197 g/mol. The summed E-state index contributed by atoms with van der Waals surface area (Å²) in [7, 11) is 0. The molecule has 0 saturated carbocycles. The number of pyridine rings is 1. The molecule has 6 heteroatoms. The Hall–Kier alpha value is -1.69. The molecule has 1 aromatic heterocycles. The Balaban J connectivity index is 2.60. The summed E-state index contributed by atoms with van der Waals surface area (Å²) in [6.45, 7) is 2.00. The fraction of sp³-hybridized carbons (Fsp3) is 0.375. The number of hydrogen-bond donors (Lipinski definition) is 2. The van der Waals surface area contributed by atoms with Crippen molar-refractivity contribution in [3.63, 3.8) is 0 Å². The first-order chi connectivity index (χ1) is 6.59. The second-order valence-corrected chi connectivity index (χ2v) is 2.89. The molecule has 0 unspecified atom stereocenters. The van der Waals surface area contributed by atoms with Gasteiger partial charge in [-0.2, -0.15) is 0 Å². The van der Waals surface area contributed by atoms with Gasteiger partial charge in [0.05, 0.1) is 11.0 Å². The van der Waals surface area contributed by atoms with Gasteiger partial charge in [0, 0.05) is 12.6 Å². The normalized spacial score (nSPS) is 12.1. The minimum absolute atomic E-state index is 0.0485. The Morgan fingerprint density at radius 3 is 2.86 bits per heavy atom. The molecule has 0 amide bonds. The highest BCUT2D eigenvalue weighted by Gasteiger charge is 2.04. The van der Waals surface area contributed by atoms with Crippen molar-refractivity contribution in [3.05, 3.63) is 28.4 Å². The molecule has 0 aromatic carbocycles. The number of aliphatic hydroxyl groups excluding tert-OH is 1. The van der Waals surface area contributed by atoms with Gasteiger partial charge in [0.1, 0.15) is 12.0 Å². The Bertz CT molecular complexity index is 310. The minimum atomic E-state index is -0.508. The van der Waals surface area contributed by atoms with Gasteiger partial charge in [0.15, 0.2) is 0 Å². The van der Waals surface area contributed by atoms with Gasteiger partial charge in [0.25, 0.3) is 5.69 Å². The van der Waals surface area contributed by atoms with Crippen molar-refractivity contribution in [1.82, 2.24) is 4.98 Å². The first-order valence-electron chi connectivity index (χ1n) is 4.12. The molecule has 0 aliphatic heterocycles. The van der Waals surface area contributed by atoms with Crippen LogP contribution in [0.25, 0.3) is 0 Å². The third kappa shape index (κ3) is 2.98. The van der Waals surface area contributed by atoms with Crippen LogP contribution in [0.3, 0.4) is 0 Å². The lowest BCUT2D eigenvalue weighted by molar-refractivity contribution is -0.385. The number of nitrogens with zero attached hydrogens (tertiary/aromatic N) is 2. The van der Waals surface area contributed by atoms with Gasteiger partial charge in [-0.15, -0.1) is 0 Å². The number of aromatic nitrogens is 1. The van der Waals surface area contributed by atoms with Crippen molar-refractivity contribution < 1.29 is 10.0 Å². The van der Waals surface area contributed by atoms with Crippen molar-refractivity contribution in [2.75, 3.05) is 11.9 Å². The smallest absolute Gasteiger partial charge is 0.287 e. The van der Waals surface area contributed by atoms with Crippen LogP contribution in [0, 0.1) is 10.1 Å². The number of anilines is 1. The Labute approximate surface area is 80.7 Å². The molecule has 0 aliphatic rings. The largest absolute Gasteiger partial charge is 0.392 e. The molecule has 0 bridgehead atoms. The number of nitrogens with one attached hydrogen (secondary N) is 1. The molecule has 2 N–H and O–H groups in total. The van der Waals surface area contributed by atoms with Crippen molar-refractivity contribution >= 4 is 11.5 Å². The molecular weight excluding hydrogens is 186 g/mol. The van der Waals surface area contributed by atoms with Crippen LogP contribution in [0.1, 0.15) is 6.92 Å². The zero-order valence-electron chi connectivity index (χ0n) is 7.67. The number of nitro groups is 1. The highest BCUT2D eigenvalue weighted by atomic mass is 16.6. The Morgan fingerprint density at radius 1 is 1.71 bits per heavy atom. The summed E-state index contributed by atoms with van der Waals surface area (Å²) in [6.07, 6.45) is 0.691. The van der Waals surface area contributed by atoms with Crippen LogP contribution in [-0.4, -0.2) is 27.7 Å². The molecule has 0 aliphatic carbocycles. The summed E-state index contributed by atoms with van der Waals surface area (Å²) in [6, 6.07) is 2.86. The van der Waals surface area contributed by atoms with E-state index < -0.39 is 11.0 Å². The Kier molecular flexibility index (Phi) is 3.35. The van der Waals surface area contributed by atoms with Crippen molar-refractivity contribution in [1.29, 1.82) is 0 Å². The Morgan fingerprint density at radius 2 is 2.43 bits per heavy atom. The first-order valence-corrected chi connectivity index (χ1v) is 4.12. The maximum absolute atomic E-state index is 10.3. The fourth-order valence-corrected chi connectivity index (χ4v) is 0.851. The van der Waals surface area contributed by atoms with Crippen LogP contribution in [-0.2, 0) is 0 Å². The lowest BCUT2D eigenvalue weighted by atomic mass is 10.4. The van der Waals surface area contributed by atoms with Gasteiger partial charge >= 0.3 is 0 Å². The fourth-order valence-electron chi connectivity index (χ4n) is 0.851. The van der Waals surface area contributed by atoms with Crippen LogP contribution in [0.5, 0.6) is 0 Å². The topological polar surface area (TPSA) is 88.3 Å². The van der Waals surface area contributed by atoms with Gasteiger partial charge in [0.2, 0.25) is 0 Å². The summed E-state index contributed by atoms with van der Waals surface area (Å²) < 4.78 is 0. The highest BCUT2D eigenvalue weighted by molar-refractivity contribution is 5.40. The maximum Gasteiger partial charge on any atom is 0.287 e. The van der Waals surface area contributed by atoms with E-state index in [0.29, 0.717) is 12.4 Å². The van der Waals surface area contributed by atoms with Crippen molar-refractivity contribution in [2.24, 2.45) is 0 Å². The second kappa shape index (κ2) is 4.52. The summed E-state index contributed by atoms with van der Waals surface area (Å²) in [5.74, 6) is 0.511. The van der Waals surface area contributed by atoms with Crippen LogP contribution >= 0.6 is 0 Å². The van der Waals surface area contributed by atoms with Crippen LogP contribution in [0.15, 0.2) is 18.3 Å². The molecule has 14 heavy (non-hydrogen) atoms. The molecule has 1 heterocycles. The molecule has 0 fully saturated rings. The van der Waals surface area contributed by atoms with Crippen LogP contribution < -0.4 is 5.32 Å². The molecule has 1 rings (SSSR count). The van der Waals surface area contributed by atoms with E-state index in [-0.39, 0.29) is 5.69 Å². The second-order valence-electron chi connectivity index (χ2n) is 2.89. The molecule has 76 valence electrons. The van der Waals surface area contributed by atoms with E-state index in [1.165, 1.54) is 18.3 Å². The predicted octanol–water partition coefficient (Wildman–Crippen LogP) is 0.782. The SMILES string of the molecule is C[C@H](O)CNc1ccc([N+](=O)[O-])cn1. The van der Waals surface area contributed by atoms with Crippen molar-refractivity contribution in [3.8, 4) is 0 Å². The van der Waals surface area contributed by atoms with Gasteiger partial charge in [-0.1, -0.05) is 0 Å². The predicted molar refractivity (Wildman–Crippen MR) is 51.1 cm³/mol. The lowest BCUT2D eigenvalue weighted by Crippen LogP contribution is -2.15. The first kappa shape index (κ1) is 10.4. The molecule has 1 atom stereocenters. The minimum Gasteiger partial charge on any atom is -0.392 e. The summed E-state index contributed by atoms with van der Waals surface area (Å²) in [4.78, 5) is 13.6. The van der Waals surface area contributed by atoms with Gasteiger partial charge in [-0.25, -0.2) is 4.98 Å². The molecule has 6 nitrogen and oxygen atoms in total. The number of aliphatic hydroxyl groups is 1. The molecule has 0 radical (unpaired) electrons. The third-order valence-electron chi connectivity index (χ3n) is 1.54. The van der Waals surface area contributed by atoms with E-state index in [1.54, 1.807) is 6.92 Å². The summed E-state index contributed by atoms with van der Waals surface area (Å²) >= 11 is 0. The van der Waals surface area contributed by atoms with E-state index in [0.717, 1.165) is 0 Å². The molecular formula is C8H11N3O3. The summed E-state index contributed by atoms with van der Waals surface area (Å²) in [5, 5.41) is 22.1. The van der Waals surface area contributed by atoms with Gasteiger partial charge in [-0.05, 0) is 13.0 Å². The average Bonchev–Trinajstić information content (AvgIpc) is 2.15. The van der Waals surface area contributed by atoms with E-state index in [9.17, 15) is 10.1 Å². The van der Waals surface area contributed by atoms with E-state index in [1.807, 2.05) is 0 Å². The molecule has 1 aromatic rings. The van der Waals surface area contributed by atoms with Crippen LogP contribution in [0.2, 0.25) is 0 Å². The molecule has 0 spiro atoms. The highest BCUT2D eigenvalue weighted by Crippen LogP contribution is 2.11. The van der Waals surface area contributed by atoms with E-state index in [2.05, 4.69) is 10.3 Å². The maximum atomic E-state index is 10.3. The van der Waals surface area contributed by atoms with E-state index in [4.69, 9.17) is 5.11 Å².